The molecule has 162 valence electrons. The van der Waals surface area contributed by atoms with Gasteiger partial charge in [0.1, 0.15) is 11.5 Å². The van der Waals surface area contributed by atoms with Crippen molar-refractivity contribution in [1.82, 2.24) is 4.98 Å². The summed E-state index contributed by atoms with van der Waals surface area (Å²) >= 11 is 3.45. The van der Waals surface area contributed by atoms with Gasteiger partial charge >= 0.3 is 5.97 Å². The number of piperidine rings is 1. The molecule has 2 aliphatic rings. The number of nitrogens with zero attached hydrogens (tertiary/aromatic N) is 2. The van der Waals surface area contributed by atoms with E-state index < -0.39 is 5.92 Å². The standard InChI is InChI=1S/C22H25BrF2N2O3/c1-29-20(28)17-5-3-2-4-16(17)19-18(14-6-8-15(23)9-7-14)26-21(30-19)27-12-10-22(24,25)11-13-27/h6-9,16-17H,2-5,10-13H2,1H3/t16-,17-/m1/s1. The van der Waals surface area contributed by atoms with E-state index in [1.165, 1.54) is 7.11 Å². The molecule has 8 heteroatoms. The van der Waals surface area contributed by atoms with E-state index in [9.17, 15) is 13.6 Å². The minimum Gasteiger partial charge on any atom is -0.469 e. The Bertz CT molecular complexity index is 890. The Morgan fingerprint density at radius 2 is 1.87 bits per heavy atom. The van der Waals surface area contributed by atoms with E-state index >= 15 is 0 Å². The summed E-state index contributed by atoms with van der Waals surface area (Å²) in [6.07, 6.45) is 3.06. The van der Waals surface area contributed by atoms with E-state index in [0.29, 0.717) is 17.5 Å². The molecule has 2 heterocycles. The first-order chi connectivity index (χ1) is 14.4. The first-order valence-electron chi connectivity index (χ1n) is 10.4. The van der Waals surface area contributed by atoms with Gasteiger partial charge in [0.15, 0.2) is 0 Å². The molecule has 0 spiro atoms. The monoisotopic (exact) mass is 482 g/mol. The molecule has 2 atom stereocenters. The number of carbonyl (C=O) groups excluding carboxylic acids is 1. The number of ether oxygens (including phenoxy) is 1. The lowest BCUT2D eigenvalue weighted by atomic mass is 9.77. The topological polar surface area (TPSA) is 55.6 Å². The number of esters is 1. The number of oxazole rings is 1. The Morgan fingerprint density at radius 1 is 1.20 bits per heavy atom. The Hall–Kier alpha value is -1.96. The van der Waals surface area contributed by atoms with Crippen molar-refractivity contribution < 1.29 is 22.7 Å². The van der Waals surface area contributed by atoms with Gasteiger partial charge in [-0.05, 0) is 25.0 Å². The Balaban J connectivity index is 1.73. The summed E-state index contributed by atoms with van der Waals surface area (Å²) in [4.78, 5) is 18.9. The average molecular weight is 483 g/mol. The molecule has 30 heavy (non-hydrogen) atoms. The number of hydrogen-bond acceptors (Lipinski definition) is 5. The second-order valence-corrected chi connectivity index (χ2v) is 9.00. The molecule has 1 saturated heterocycles. The van der Waals surface area contributed by atoms with E-state index in [-0.39, 0.29) is 43.7 Å². The van der Waals surface area contributed by atoms with Crippen molar-refractivity contribution in [2.45, 2.75) is 50.4 Å². The smallest absolute Gasteiger partial charge is 0.309 e. The van der Waals surface area contributed by atoms with E-state index in [0.717, 1.165) is 35.7 Å². The number of halogens is 3. The van der Waals surface area contributed by atoms with Crippen LogP contribution in [0.1, 0.15) is 50.2 Å². The molecule has 4 rings (SSSR count). The lowest BCUT2D eigenvalue weighted by Crippen LogP contribution is -2.39. The third-order valence-corrected chi connectivity index (χ3v) is 6.66. The predicted molar refractivity (Wildman–Crippen MR) is 113 cm³/mol. The first-order valence-corrected chi connectivity index (χ1v) is 11.1. The van der Waals surface area contributed by atoms with Gasteiger partial charge in [0.05, 0.1) is 13.0 Å². The van der Waals surface area contributed by atoms with Crippen molar-refractivity contribution >= 4 is 27.9 Å². The fourth-order valence-electron chi connectivity index (χ4n) is 4.42. The molecule has 1 aliphatic heterocycles. The molecule has 0 amide bonds. The summed E-state index contributed by atoms with van der Waals surface area (Å²) in [5.74, 6) is -2.65. The number of hydrogen-bond donors (Lipinski definition) is 0. The zero-order chi connectivity index (χ0) is 21.3. The van der Waals surface area contributed by atoms with E-state index in [1.807, 2.05) is 24.3 Å². The number of rotatable bonds is 4. The van der Waals surface area contributed by atoms with Crippen molar-refractivity contribution in [2.24, 2.45) is 5.92 Å². The second-order valence-electron chi connectivity index (χ2n) is 8.08. The number of anilines is 1. The van der Waals surface area contributed by atoms with Gasteiger partial charge in [0, 0.05) is 41.9 Å². The number of alkyl halides is 2. The molecule has 1 aromatic heterocycles. The van der Waals surface area contributed by atoms with Crippen molar-refractivity contribution in [3.8, 4) is 11.3 Å². The third kappa shape index (κ3) is 4.38. The molecule has 0 N–H and O–H groups in total. The minimum absolute atomic E-state index is 0.141. The molecule has 0 bridgehead atoms. The molecule has 1 aliphatic carbocycles. The van der Waals surface area contributed by atoms with E-state index in [4.69, 9.17) is 14.1 Å². The molecule has 2 aromatic rings. The number of aromatic nitrogens is 1. The fourth-order valence-corrected chi connectivity index (χ4v) is 4.69. The zero-order valence-corrected chi connectivity index (χ0v) is 18.5. The molecule has 1 aromatic carbocycles. The molecule has 0 unspecified atom stereocenters. The molecular weight excluding hydrogens is 458 g/mol. The fraction of sp³-hybridized carbons (Fsp3) is 0.545. The maximum Gasteiger partial charge on any atom is 0.309 e. The number of carbonyl (C=O) groups is 1. The third-order valence-electron chi connectivity index (χ3n) is 6.13. The van der Waals surface area contributed by atoms with Gasteiger partial charge in [0.25, 0.3) is 11.9 Å². The van der Waals surface area contributed by atoms with E-state index in [1.54, 1.807) is 4.90 Å². The SMILES string of the molecule is COC(=O)[C@@H]1CCCC[C@H]1c1oc(N2CCC(F)(F)CC2)nc1-c1ccc(Br)cc1. The van der Waals surface area contributed by atoms with Crippen LogP contribution >= 0.6 is 15.9 Å². The normalized spacial score (nSPS) is 23.9. The Labute approximate surface area is 182 Å². The minimum atomic E-state index is -2.64. The Morgan fingerprint density at radius 3 is 2.53 bits per heavy atom. The van der Waals surface area contributed by atoms with Crippen LogP contribution in [0, 0.1) is 5.92 Å². The van der Waals surface area contributed by atoms with Crippen molar-refractivity contribution in [2.75, 3.05) is 25.1 Å². The maximum absolute atomic E-state index is 13.6. The first kappa shape index (κ1) is 21.3. The van der Waals surface area contributed by atoms with Crippen molar-refractivity contribution in [3.63, 3.8) is 0 Å². The van der Waals surface area contributed by atoms with Crippen LogP contribution in [-0.4, -0.2) is 37.1 Å². The van der Waals surface area contributed by atoms with Crippen LogP contribution in [0.25, 0.3) is 11.3 Å². The molecule has 1 saturated carbocycles. The van der Waals surface area contributed by atoms with Crippen LogP contribution in [0.4, 0.5) is 14.8 Å². The van der Waals surface area contributed by atoms with Crippen LogP contribution in [0.3, 0.4) is 0 Å². The largest absolute Gasteiger partial charge is 0.469 e. The Kier molecular flexibility index (Phi) is 6.14. The quantitative estimate of drug-likeness (QED) is 0.516. The predicted octanol–water partition coefficient (Wildman–Crippen LogP) is 5.79. The highest BCUT2D eigenvalue weighted by molar-refractivity contribution is 9.10. The average Bonchev–Trinajstić information content (AvgIpc) is 3.19. The van der Waals surface area contributed by atoms with Crippen molar-refractivity contribution in [3.05, 3.63) is 34.5 Å². The van der Waals surface area contributed by atoms with Crippen LogP contribution in [0.2, 0.25) is 0 Å². The zero-order valence-electron chi connectivity index (χ0n) is 16.9. The lowest BCUT2D eigenvalue weighted by Gasteiger charge is -2.31. The van der Waals surface area contributed by atoms with Gasteiger partial charge in [-0.25, -0.2) is 8.78 Å². The lowest BCUT2D eigenvalue weighted by molar-refractivity contribution is -0.147. The summed E-state index contributed by atoms with van der Waals surface area (Å²) in [6, 6.07) is 8.08. The van der Waals surface area contributed by atoms with E-state index in [2.05, 4.69) is 15.9 Å². The van der Waals surface area contributed by atoms with Crippen LogP contribution in [0.5, 0.6) is 0 Å². The summed E-state index contributed by atoms with van der Waals surface area (Å²) in [6.45, 7) is 0.385. The van der Waals surface area contributed by atoms with Crippen LogP contribution < -0.4 is 4.90 Å². The number of methoxy groups -OCH3 is 1. The summed E-state index contributed by atoms with van der Waals surface area (Å²) in [5.41, 5.74) is 1.55. The second kappa shape index (κ2) is 8.65. The molecule has 5 nitrogen and oxygen atoms in total. The molecule has 2 fully saturated rings. The number of benzene rings is 1. The highest BCUT2D eigenvalue weighted by Crippen LogP contribution is 2.44. The summed E-state index contributed by atoms with van der Waals surface area (Å²) in [7, 11) is 1.41. The van der Waals surface area contributed by atoms with Gasteiger partial charge < -0.3 is 14.1 Å². The van der Waals surface area contributed by atoms with Crippen LogP contribution in [-0.2, 0) is 9.53 Å². The van der Waals surface area contributed by atoms with Crippen LogP contribution in [0.15, 0.2) is 33.2 Å². The van der Waals surface area contributed by atoms with Gasteiger partial charge in [0.2, 0.25) is 0 Å². The molecular formula is C22H25BrF2N2O3. The van der Waals surface area contributed by atoms with Gasteiger partial charge in [-0.3, -0.25) is 4.79 Å². The highest BCUT2D eigenvalue weighted by atomic mass is 79.9. The van der Waals surface area contributed by atoms with Gasteiger partial charge in [-0.1, -0.05) is 40.9 Å². The van der Waals surface area contributed by atoms with Gasteiger partial charge in [-0.15, -0.1) is 0 Å². The highest BCUT2D eigenvalue weighted by Gasteiger charge is 2.39. The molecule has 0 radical (unpaired) electrons. The van der Waals surface area contributed by atoms with Gasteiger partial charge in [-0.2, -0.15) is 4.98 Å². The van der Waals surface area contributed by atoms with Crippen molar-refractivity contribution in [1.29, 1.82) is 0 Å². The summed E-state index contributed by atoms with van der Waals surface area (Å²) < 4.78 is 39.4. The summed E-state index contributed by atoms with van der Waals surface area (Å²) in [5, 5.41) is 0. The maximum atomic E-state index is 13.6.